The molecule has 5 heteroatoms. The molecule has 0 aromatic carbocycles. The Morgan fingerprint density at radius 1 is 1.65 bits per heavy atom. The first-order valence-electron chi connectivity index (χ1n) is 5.75. The van der Waals surface area contributed by atoms with Crippen LogP contribution in [-0.4, -0.2) is 18.5 Å². The first kappa shape index (κ1) is 14.5. The Hall–Kier alpha value is -0.580. The molecule has 1 aromatic heterocycles. The number of hydrogen-bond donors (Lipinski definition) is 2. The average Bonchev–Trinajstić information content (AvgIpc) is 3.00. The Balaban J connectivity index is 0.00000144. The molecule has 2 rings (SSSR count). The highest BCUT2D eigenvalue weighted by Gasteiger charge is 2.28. The van der Waals surface area contributed by atoms with Crippen molar-refractivity contribution in [3.8, 4) is 0 Å². The molecule has 0 aliphatic heterocycles. The van der Waals surface area contributed by atoms with Gasteiger partial charge in [0, 0.05) is 17.5 Å². The van der Waals surface area contributed by atoms with Gasteiger partial charge in [-0.2, -0.15) is 0 Å². The van der Waals surface area contributed by atoms with Gasteiger partial charge in [0.05, 0.1) is 5.92 Å². The first-order valence-corrected chi connectivity index (χ1v) is 6.63. The lowest BCUT2D eigenvalue weighted by molar-refractivity contribution is -0.122. The van der Waals surface area contributed by atoms with Crippen LogP contribution in [0.1, 0.15) is 30.6 Å². The second kappa shape index (κ2) is 6.38. The van der Waals surface area contributed by atoms with E-state index in [1.165, 1.54) is 12.8 Å². The summed E-state index contributed by atoms with van der Waals surface area (Å²) in [6.45, 7) is 2.54. The van der Waals surface area contributed by atoms with E-state index in [9.17, 15) is 4.79 Å². The molecule has 1 heterocycles. The van der Waals surface area contributed by atoms with Gasteiger partial charge >= 0.3 is 0 Å². The number of rotatable bonds is 5. The summed E-state index contributed by atoms with van der Waals surface area (Å²) in [6, 6.07) is 4.11. The molecule has 17 heavy (non-hydrogen) atoms. The predicted molar refractivity (Wildman–Crippen MR) is 73.7 cm³/mol. The predicted octanol–water partition coefficient (Wildman–Crippen LogP) is 2.13. The zero-order valence-corrected chi connectivity index (χ0v) is 11.5. The third-order valence-corrected chi connectivity index (χ3v) is 4.16. The number of nitrogens with one attached hydrogen (secondary N) is 1. The van der Waals surface area contributed by atoms with Crippen LogP contribution in [0.4, 0.5) is 0 Å². The van der Waals surface area contributed by atoms with Crippen molar-refractivity contribution in [2.24, 2.45) is 11.7 Å². The van der Waals surface area contributed by atoms with E-state index in [1.54, 1.807) is 11.3 Å². The first-order chi connectivity index (χ1) is 7.68. The van der Waals surface area contributed by atoms with Crippen molar-refractivity contribution in [3.63, 3.8) is 0 Å². The summed E-state index contributed by atoms with van der Waals surface area (Å²) >= 11 is 1.62. The summed E-state index contributed by atoms with van der Waals surface area (Å²) in [5.41, 5.74) is 5.93. The quantitative estimate of drug-likeness (QED) is 0.864. The van der Waals surface area contributed by atoms with E-state index in [1.807, 2.05) is 24.4 Å². The largest absolute Gasteiger partial charge is 0.354 e. The van der Waals surface area contributed by atoms with Gasteiger partial charge in [-0.1, -0.05) is 6.07 Å². The Labute approximate surface area is 112 Å². The summed E-state index contributed by atoms with van der Waals surface area (Å²) in [6.07, 6.45) is 2.44. The lowest BCUT2D eigenvalue weighted by Crippen LogP contribution is -2.40. The minimum absolute atomic E-state index is 0. The van der Waals surface area contributed by atoms with Gasteiger partial charge in [0.15, 0.2) is 0 Å². The van der Waals surface area contributed by atoms with Gasteiger partial charge in [-0.15, -0.1) is 23.7 Å². The van der Waals surface area contributed by atoms with Gasteiger partial charge in [-0.25, -0.2) is 0 Å². The van der Waals surface area contributed by atoms with Crippen LogP contribution < -0.4 is 11.1 Å². The molecule has 1 saturated carbocycles. The van der Waals surface area contributed by atoms with Gasteiger partial charge < -0.3 is 11.1 Å². The summed E-state index contributed by atoms with van der Waals surface area (Å²) in [5, 5.41) is 4.93. The minimum Gasteiger partial charge on any atom is -0.354 e. The molecule has 1 amide bonds. The molecule has 1 aliphatic carbocycles. The molecule has 96 valence electrons. The fraction of sp³-hybridized carbons (Fsp3) is 0.583. The van der Waals surface area contributed by atoms with Crippen molar-refractivity contribution in [1.82, 2.24) is 5.32 Å². The molecule has 0 radical (unpaired) electrons. The monoisotopic (exact) mass is 274 g/mol. The summed E-state index contributed by atoms with van der Waals surface area (Å²) in [5.74, 6) is 0.655. The fourth-order valence-electron chi connectivity index (χ4n) is 1.73. The second-order valence-electron chi connectivity index (χ2n) is 4.48. The number of halogens is 1. The van der Waals surface area contributed by atoms with Crippen LogP contribution in [0.3, 0.4) is 0 Å². The van der Waals surface area contributed by atoms with E-state index in [4.69, 9.17) is 5.73 Å². The number of amides is 1. The van der Waals surface area contributed by atoms with Gasteiger partial charge in [0.2, 0.25) is 5.91 Å². The molecule has 3 N–H and O–H groups in total. The highest BCUT2D eigenvalue weighted by molar-refractivity contribution is 7.10. The lowest BCUT2D eigenvalue weighted by Gasteiger charge is -2.14. The minimum atomic E-state index is -0.0635. The molecular weight excluding hydrogens is 256 g/mol. The van der Waals surface area contributed by atoms with Crippen LogP contribution in [0.15, 0.2) is 17.5 Å². The van der Waals surface area contributed by atoms with E-state index >= 15 is 0 Å². The molecule has 0 spiro atoms. The van der Waals surface area contributed by atoms with Gasteiger partial charge in [0.1, 0.15) is 0 Å². The SMILES string of the molecule is CC(C(=O)NCC(N)C1CC1)c1cccs1.Cl. The number of carbonyl (C=O) groups is 1. The molecule has 0 saturated heterocycles. The van der Waals surface area contributed by atoms with Crippen LogP contribution in [0.5, 0.6) is 0 Å². The average molecular weight is 275 g/mol. The zero-order chi connectivity index (χ0) is 11.5. The van der Waals surface area contributed by atoms with E-state index in [0.717, 1.165) is 4.88 Å². The van der Waals surface area contributed by atoms with Crippen LogP contribution in [0, 0.1) is 5.92 Å². The number of thiophene rings is 1. The smallest absolute Gasteiger partial charge is 0.228 e. The number of hydrogen-bond acceptors (Lipinski definition) is 3. The van der Waals surface area contributed by atoms with Crippen LogP contribution >= 0.6 is 23.7 Å². The van der Waals surface area contributed by atoms with E-state index in [0.29, 0.717) is 12.5 Å². The van der Waals surface area contributed by atoms with Crippen LogP contribution in [-0.2, 0) is 4.79 Å². The highest BCUT2D eigenvalue weighted by Crippen LogP contribution is 2.31. The van der Waals surface area contributed by atoms with Crippen molar-refractivity contribution in [2.45, 2.75) is 31.7 Å². The Morgan fingerprint density at radius 3 is 2.88 bits per heavy atom. The van der Waals surface area contributed by atoms with Gasteiger partial charge in [0.25, 0.3) is 0 Å². The zero-order valence-electron chi connectivity index (χ0n) is 9.89. The highest BCUT2D eigenvalue weighted by atomic mass is 35.5. The number of nitrogens with two attached hydrogens (primary N) is 1. The van der Waals surface area contributed by atoms with Crippen LogP contribution in [0.25, 0.3) is 0 Å². The maximum atomic E-state index is 11.8. The topological polar surface area (TPSA) is 55.1 Å². The normalized spacial score (nSPS) is 18.0. The maximum absolute atomic E-state index is 11.8. The van der Waals surface area contributed by atoms with E-state index in [-0.39, 0.29) is 30.3 Å². The van der Waals surface area contributed by atoms with Crippen molar-refractivity contribution in [3.05, 3.63) is 22.4 Å². The molecule has 1 aliphatic rings. The molecule has 2 atom stereocenters. The second-order valence-corrected chi connectivity index (χ2v) is 5.46. The maximum Gasteiger partial charge on any atom is 0.228 e. The number of carbonyl (C=O) groups excluding carboxylic acids is 1. The van der Waals surface area contributed by atoms with Crippen molar-refractivity contribution >= 4 is 29.7 Å². The third-order valence-electron chi connectivity index (χ3n) is 3.10. The van der Waals surface area contributed by atoms with Gasteiger partial charge in [-0.3, -0.25) is 4.79 Å². The third kappa shape index (κ3) is 3.98. The molecule has 1 fully saturated rings. The summed E-state index contributed by atoms with van der Waals surface area (Å²) in [7, 11) is 0. The Morgan fingerprint density at radius 2 is 2.35 bits per heavy atom. The molecule has 2 unspecified atom stereocenters. The van der Waals surface area contributed by atoms with Crippen LogP contribution in [0.2, 0.25) is 0 Å². The standard InChI is InChI=1S/C12H18N2OS.ClH/c1-8(11-3-2-6-16-11)12(15)14-7-10(13)9-4-5-9;/h2-3,6,8-10H,4-5,7,13H2,1H3,(H,14,15);1H. The van der Waals surface area contributed by atoms with Gasteiger partial charge in [-0.05, 0) is 37.1 Å². The van der Waals surface area contributed by atoms with Crippen molar-refractivity contribution in [2.75, 3.05) is 6.54 Å². The lowest BCUT2D eigenvalue weighted by atomic mass is 10.1. The molecule has 3 nitrogen and oxygen atoms in total. The summed E-state index contributed by atoms with van der Waals surface area (Å²) in [4.78, 5) is 12.9. The summed E-state index contributed by atoms with van der Waals surface area (Å²) < 4.78 is 0. The fourth-order valence-corrected chi connectivity index (χ4v) is 2.51. The van der Waals surface area contributed by atoms with Crippen molar-refractivity contribution in [1.29, 1.82) is 0 Å². The molecule has 1 aromatic rings. The van der Waals surface area contributed by atoms with Crippen molar-refractivity contribution < 1.29 is 4.79 Å². The Kier molecular flexibility index (Phi) is 5.43. The Bertz CT molecular complexity index is 351. The molecular formula is C12H19ClN2OS. The molecule has 0 bridgehead atoms. The van der Waals surface area contributed by atoms with E-state index in [2.05, 4.69) is 5.32 Å². The van der Waals surface area contributed by atoms with E-state index < -0.39 is 0 Å².